The van der Waals surface area contributed by atoms with Crippen LogP contribution in [0.5, 0.6) is 0 Å². The average Bonchev–Trinajstić information content (AvgIpc) is 2.75. The van der Waals surface area contributed by atoms with E-state index in [1.165, 1.54) is 6.42 Å². The summed E-state index contributed by atoms with van der Waals surface area (Å²) < 4.78 is 1.64. The fraction of sp³-hybridized carbons (Fsp3) is 0.636. The Morgan fingerprint density at radius 3 is 2.94 bits per heavy atom. The molecule has 0 spiro atoms. The third kappa shape index (κ3) is 2.24. The van der Waals surface area contributed by atoms with E-state index in [2.05, 4.69) is 10.4 Å². The molecule has 5 nitrogen and oxygen atoms in total. The van der Waals surface area contributed by atoms with Crippen LogP contribution in [0.2, 0.25) is 0 Å². The van der Waals surface area contributed by atoms with E-state index < -0.39 is 0 Å². The van der Waals surface area contributed by atoms with Crippen LogP contribution in [-0.4, -0.2) is 27.8 Å². The number of amides is 1. The van der Waals surface area contributed by atoms with Gasteiger partial charge in [-0.1, -0.05) is 0 Å². The van der Waals surface area contributed by atoms with Gasteiger partial charge in [0.15, 0.2) is 0 Å². The first-order valence-corrected chi connectivity index (χ1v) is 5.66. The summed E-state index contributed by atoms with van der Waals surface area (Å²) in [4.78, 5) is 11.8. The molecule has 1 aliphatic rings. The van der Waals surface area contributed by atoms with Gasteiger partial charge in [-0.3, -0.25) is 9.48 Å². The fourth-order valence-corrected chi connectivity index (χ4v) is 1.85. The smallest absolute Gasteiger partial charge is 0.244 e. The Morgan fingerprint density at radius 2 is 2.44 bits per heavy atom. The van der Waals surface area contributed by atoms with E-state index in [9.17, 15) is 4.79 Å². The van der Waals surface area contributed by atoms with Crippen molar-refractivity contribution in [1.29, 1.82) is 0 Å². The van der Waals surface area contributed by atoms with Gasteiger partial charge >= 0.3 is 0 Å². The van der Waals surface area contributed by atoms with E-state index in [0.717, 1.165) is 12.8 Å². The third-order valence-electron chi connectivity index (χ3n) is 3.27. The summed E-state index contributed by atoms with van der Waals surface area (Å²) in [6.45, 7) is 2.39. The first-order chi connectivity index (χ1) is 7.61. The number of nitrogens with zero attached hydrogens (tertiary/aromatic N) is 2. The molecule has 1 aliphatic carbocycles. The molecule has 88 valence electrons. The van der Waals surface area contributed by atoms with Crippen LogP contribution in [0.3, 0.4) is 0 Å². The highest BCUT2D eigenvalue weighted by atomic mass is 16.2. The van der Waals surface area contributed by atoms with Crippen molar-refractivity contribution in [1.82, 2.24) is 15.1 Å². The van der Waals surface area contributed by atoms with Gasteiger partial charge in [0, 0.05) is 24.5 Å². The SMILES string of the molecule is CC(C(=O)NCC1(N)CCC1)n1cccn1. The summed E-state index contributed by atoms with van der Waals surface area (Å²) in [5.74, 6) is -0.0274. The number of hydrogen-bond donors (Lipinski definition) is 2. The summed E-state index contributed by atoms with van der Waals surface area (Å²) >= 11 is 0. The molecule has 1 unspecified atom stereocenters. The first kappa shape index (κ1) is 11.1. The second-order valence-corrected chi connectivity index (χ2v) is 4.60. The Kier molecular flexibility index (Phi) is 2.96. The summed E-state index contributed by atoms with van der Waals surface area (Å²) in [7, 11) is 0. The predicted molar refractivity (Wildman–Crippen MR) is 60.7 cm³/mol. The highest BCUT2D eigenvalue weighted by Crippen LogP contribution is 2.28. The molecule has 1 aromatic heterocycles. The lowest BCUT2D eigenvalue weighted by atomic mass is 9.78. The van der Waals surface area contributed by atoms with Gasteiger partial charge in [-0.05, 0) is 32.3 Å². The van der Waals surface area contributed by atoms with Crippen LogP contribution in [0.1, 0.15) is 32.2 Å². The monoisotopic (exact) mass is 222 g/mol. The van der Waals surface area contributed by atoms with Gasteiger partial charge in [0.2, 0.25) is 5.91 Å². The van der Waals surface area contributed by atoms with Crippen LogP contribution in [0, 0.1) is 0 Å². The Labute approximate surface area is 95.0 Å². The molecule has 1 atom stereocenters. The van der Waals surface area contributed by atoms with Gasteiger partial charge in [-0.2, -0.15) is 5.10 Å². The van der Waals surface area contributed by atoms with Crippen LogP contribution in [0.4, 0.5) is 0 Å². The van der Waals surface area contributed by atoms with Gasteiger partial charge in [0.25, 0.3) is 0 Å². The van der Waals surface area contributed by atoms with Crippen molar-refractivity contribution in [2.45, 2.75) is 37.8 Å². The number of hydrogen-bond acceptors (Lipinski definition) is 3. The van der Waals surface area contributed by atoms with Crippen LogP contribution in [0.15, 0.2) is 18.5 Å². The molecule has 16 heavy (non-hydrogen) atoms. The van der Waals surface area contributed by atoms with E-state index in [1.807, 2.05) is 6.92 Å². The van der Waals surface area contributed by atoms with Gasteiger partial charge in [-0.15, -0.1) is 0 Å². The van der Waals surface area contributed by atoms with Crippen LogP contribution in [-0.2, 0) is 4.79 Å². The number of nitrogens with one attached hydrogen (secondary N) is 1. The molecule has 0 saturated heterocycles. The number of carbonyl (C=O) groups excluding carboxylic acids is 1. The zero-order valence-electron chi connectivity index (χ0n) is 9.52. The second kappa shape index (κ2) is 4.25. The maximum Gasteiger partial charge on any atom is 0.244 e. The highest BCUT2D eigenvalue weighted by Gasteiger charge is 2.33. The molecule has 2 rings (SSSR count). The minimum Gasteiger partial charge on any atom is -0.352 e. The van der Waals surface area contributed by atoms with Crippen molar-refractivity contribution in [3.05, 3.63) is 18.5 Å². The van der Waals surface area contributed by atoms with E-state index in [0.29, 0.717) is 6.54 Å². The fourth-order valence-electron chi connectivity index (χ4n) is 1.85. The summed E-state index contributed by atoms with van der Waals surface area (Å²) in [5.41, 5.74) is 5.87. The minimum atomic E-state index is -0.279. The molecule has 0 radical (unpaired) electrons. The van der Waals surface area contributed by atoms with Crippen LogP contribution < -0.4 is 11.1 Å². The number of carbonyl (C=O) groups is 1. The number of aromatic nitrogens is 2. The standard InChI is InChI=1S/C11H18N4O/c1-9(15-7-3-6-14-15)10(16)13-8-11(12)4-2-5-11/h3,6-7,9H,2,4-5,8,12H2,1H3,(H,13,16). The van der Waals surface area contributed by atoms with Crippen molar-refractivity contribution in [3.8, 4) is 0 Å². The molecule has 1 aromatic rings. The Balaban J connectivity index is 1.84. The van der Waals surface area contributed by atoms with E-state index in [-0.39, 0.29) is 17.5 Å². The minimum absolute atomic E-state index is 0.0274. The lowest BCUT2D eigenvalue weighted by molar-refractivity contribution is -0.124. The molecule has 1 fully saturated rings. The molecule has 3 N–H and O–H groups in total. The Bertz CT molecular complexity index is 356. The van der Waals surface area contributed by atoms with Crippen molar-refractivity contribution < 1.29 is 4.79 Å². The topological polar surface area (TPSA) is 72.9 Å². The molecular formula is C11H18N4O. The average molecular weight is 222 g/mol. The molecule has 0 aliphatic heterocycles. The maximum atomic E-state index is 11.8. The Morgan fingerprint density at radius 1 is 1.69 bits per heavy atom. The van der Waals surface area contributed by atoms with Crippen LogP contribution in [0.25, 0.3) is 0 Å². The zero-order valence-corrected chi connectivity index (χ0v) is 9.52. The highest BCUT2D eigenvalue weighted by molar-refractivity contribution is 5.79. The summed E-state index contributed by atoms with van der Waals surface area (Å²) in [6, 6.07) is 1.53. The summed E-state index contributed by atoms with van der Waals surface area (Å²) in [5, 5.41) is 6.93. The zero-order chi connectivity index (χ0) is 11.6. The molecule has 5 heteroatoms. The maximum absolute atomic E-state index is 11.8. The van der Waals surface area contributed by atoms with Gasteiger partial charge in [0.1, 0.15) is 6.04 Å². The van der Waals surface area contributed by atoms with Gasteiger partial charge in [-0.25, -0.2) is 0 Å². The van der Waals surface area contributed by atoms with Crippen molar-refractivity contribution in [2.24, 2.45) is 5.73 Å². The van der Waals surface area contributed by atoms with Crippen molar-refractivity contribution >= 4 is 5.91 Å². The first-order valence-electron chi connectivity index (χ1n) is 5.66. The van der Waals surface area contributed by atoms with Crippen LogP contribution >= 0.6 is 0 Å². The quantitative estimate of drug-likeness (QED) is 0.776. The van der Waals surface area contributed by atoms with E-state index >= 15 is 0 Å². The normalized spacial score (nSPS) is 19.9. The molecule has 1 heterocycles. The van der Waals surface area contributed by atoms with Crippen molar-refractivity contribution in [3.63, 3.8) is 0 Å². The van der Waals surface area contributed by atoms with E-state index in [4.69, 9.17) is 5.73 Å². The molecule has 0 bridgehead atoms. The van der Waals surface area contributed by atoms with Gasteiger partial charge in [0.05, 0.1) is 0 Å². The number of nitrogens with two attached hydrogens (primary N) is 1. The molecule has 0 aromatic carbocycles. The third-order valence-corrected chi connectivity index (χ3v) is 3.27. The number of rotatable bonds is 4. The van der Waals surface area contributed by atoms with Gasteiger partial charge < -0.3 is 11.1 Å². The largest absolute Gasteiger partial charge is 0.352 e. The van der Waals surface area contributed by atoms with E-state index in [1.54, 1.807) is 23.1 Å². The Hall–Kier alpha value is -1.36. The lowest BCUT2D eigenvalue weighted by Gasteiger charge is -2.38. The second-order valence-electron chi connectivity index (χ2n) is 4.60. The molecular weight excluding hydrogens is 204 g/mol. The molecule has 1 saturated carbocycles. The lowest BCUT2D eigenvalue weighted by Crippen LogP contribution is -2.55. The summed E-state index contributed by atoms with van der Waals surface area (Å²) in [6.07, 6.45) is 6.62. The molecule has 1 amide bonds. The predicted octanol–water partition coefficient (Wildman–Crippen LogP) is 0.442. The van der Waals surface area contributed by atoms with Crippen molar-refractivity contribution in [2.75, 3.05) is 6.54 Å².